The van der Waals surface area contributed by atoms with Gasteiger partial charge in [0, 0.05) is 13.3 Å². The zero-order chi connectivity index (χ0) is 15.4. The van der Waals surface area contributed by atoms with Crippen molar-refractivity contribution in [2.45, 2.75) is 39.7 Å². The summed E-state index contributed by atoms with van der Waals surface area (Å²) < 4.78 is 4.48. The zero-order valence-corrected chi connectivity index (χ0v) is 12.9. The first-order valence-electron chi connectivity index (χ1n) is 7.37. The van der Waals surface area contributed by atoms with Gasteiger partial charge in [-0.05, 0) is 17.5 Å². The van der Waals surface area contributed by atoms with Gasteiger partial charge in [0.1, 0.15) is 18.4 Å². The maximum Gasteiger partial charge on any atom is 0.256 e. The minimum Gasteiger partial charge on any atom is -0.545 e. The summed E-state index contributed by atoms with van der Waals surface area (Å²) >= 11 is 0. The fourth-order valence-corrected chi connectivity index (χ4v) is 2.51. The molecule has 2 rings (SSSR count). The Hall–Kier alpha value is -2.10. The number of unbranched alkanes of at least 4 members (excludes halogenated alkanes) is 1. The number of imidazole rings is 1. The molecule has 4 heteroatoms. The number of carboxylic acids is 1. The van der Waals surface area contributed by atoms with Crippen LogP contribution in [0.15, 0.2) is 30.5 Å². The number of aromatic nitrogens is 2. The molecule has 0 amide bonds. The number of rotatable bonds is 6. The van der Waals surface area contributed by atoms with Crippen molar-refractivity contribution in [3.05, 3.63) is 53.1 Å². The molecular weight excluding hydrogens is 264 g/mol. The Morgan fingerprint density at radius 3 is 2.52 bits per heavy atom. The molecule has 112 valence electrons. The maximum atomic E-state index is 10.8. The summed E-state index contributed by atoms with van der Waals surface area (Å²) in [5.74, 6) is 0.173. The van der Waals surface area contributed by atoms with Crippen LogP contribution in [0.3, 0.4) is 0 Å². The molecule has 4 nitrogen and oxygen atoms in total. The van der Waals surface area contributed by atoms with Crippen LogP contribution in [0.5, 0.6) is 0 Å². The molecule has 0 unspecified atom stereocenters. The third-order valence-corrected chi connectivity index (χ3v) is 3.89. The normalized spacial score (nSPS) is 10.8. The van der Waals surface area contributed by atoms with E-state index in [1.165, 1.54) is 24.4 Å². The quantitative estimate of drug-likeness (QED) is 0.753. The molecule has 0 fully saturated rings. The molecule has 0 saturated heterocycles. The zero-order valence-electron chi connectivity index (χ0n) is 12.9. The molecule has 0 atom stereocenters. The predicted octanol–water partition coefficient (Wildman–Crippen LogP) is 1.38. The van der Waals surface area contributed by atoms with Crippen LogP contribution in [0.4, 0.5) is 0 Å². The summed E-state index contributed by atoms with van der Waals surface area (Å²) in [6.45, 7) is 5.05. The Bertz CT molecular complexity index is 627. The summed E-state index contributed by atoms with van der Waals surface area (Å²) in [5, 5.41) is 10.8. The van der Waals surface area contributed by atoms with E-state index in [2.05, 4.69) is 36.2 Å². The molecule has 0 N–H and O–H groups in total. The molecule has 0 bridgehead atoms. The first-order chi connectivity index (χ1) is 10.0. The topological polar surface area (TPSA) is 48.9 Å². The van der Waals surface area contributed by atoms with Gasteiger partial charge in [-0.15, -0.1) is 0 Å². The van der Waals surface area contributed by atoms with Crippen molar-refractivity contribution in [1.29, 1.82) is 0 Å². The fraction of sp³-hybridized carbons (Fsp3) is 0.412. The van der Waals surface area contributed by atoms with E-state index in [9.17, 15) is 9.90 Å². The molecular formula is C17H22N2O2. The van der Waals surface area contributed by atoms with Crippen molar-refractivity contribution in [2.75, 3.05) is 0 Å². The van der Waals surface area contributed by atoms with E-state index < -0.39 is 5.97 Å². The first kappa shape index (κ1) is 15.3. The van der Waals surface area contributed by atoms with Gasteiger partial charge < -0.3 is 9.90 Å². The number of carbonyl (C=O) groups is 1. The Morgan fingerprint density at radius 2 is 1.95 bits per heavy atom. The van der Waals surface area contributed by atoms with Gasteiger partial charge in [0.05, 0.1) is 13.0 Å². The van der Waals surface area contributed by atoms with Gasteiger partial charge in [0.15, 0.2) is 0 Å². The van der Waals surface area contributed by atoms with E-state index in [0.29, 0.717) is 0 Å². The summed E-state index contributed by atoms with van der Waals surface area (Å²) in [4.78, 5) is 10.8. The Labute approximate surface area is 125 Å². The third-order valence-electron chi connectivity index (χ3n) is 3.89. The van der Waals surface area contributed by atoms with E-state index in [0.717, 1.165) is 18.5 Å². The molecule has 1 aromatic carbocycles. The molecule has 0 aliphatic rings. The number of hydrogen-bond donors (Lipinski definition) is 0. The average molecular weight is 286 g/mol. The van der Waals surface area contributed by atoms with Gasteiger partial charge in [-0.2, -0.15) is 0 Å². The van der Waals surface area contributed by atoms with Crippen LogP contribution in [0.2, 0.25) is 0 Å². The monoisotopic (exact) mass is 286 g/mol. The van der Waals surface area contributed by atoms with Crippen molar-refractivity contribution >= 4 is 5.97 Å². The summed E-state index contributed by atoms with van der Waals surface area (Å²) in [5.41, 5.74) is 2.54. The molecule has 0 saturated carbocycles. The van der Waals surface area contributed by atoms with E-state index in [1.54, 1.807) is 12.1 Å². The highest BCUT2D eigenvalue weighted by Crippen LogP contribution is 2.08. The Balaban J connectivity index is 2.22. The number of hydrogen-bond acceptors (Lipinski definition) is 2. The van der Waals surface area contributed by atoms with Gasteiger partial charge in [-0.1, -0.05) is 37.6 Å². The number of nitrogens with zero attached hydrogens (tertiary/aromatic N) is 2. The summed E-state index contributed by atoms with van der Waals surface area (Å²) in [6.07, 6.45) is 5.54. The number of aromatic carboxylic acids is 1. The third kappa shape index (κ3) is 3.51. The highest BCUT2D eigenvalue weighted by Gasteiger charge is 2.17. The largest absolute Gasteiger partial charge is 0.545 e. The Kier molecular flexibility index (Phi) is 4.78. The second-order valence-electron chi connectivity index (χ2n) is 5.46. The van der Waals surface area contributed by atoms with Gasteiger partial charge in [0.25, 0.3) is 5.82 Å². The van der Waals surface area contributed by atoms with Gasteiger partial charge in [0.2, 0.25) is 0 Å². The van der Waals surface area contributed by atoms with Crippen molar-refractivity contribution in [2.24, 2.45) is 7.05 Å². The molecule has 2 aromatic rings. The van der Waals surface area contributed by atoms with E-state index in [1.807, 2.05) is 12.1 Å². The van der Waals surface area contributed by atoms with Crippen LogP contribution in [-0.4, -0.2) is 10.5 Å². The van der Waals surface area contributed by atoms with Crippen molar-refractivity contribution < 1.29 is 14.5 Å². The van der Waals surface area contributed by atoms with E-state index in [4.69, 9.17) is 0 Å². The van der Waals surface area contributed by atoms with E-state index >= 15 is 0 Å². The lowest BCUT2D eigenvalue weighted by atomic mass is 10.1. The van der Waals surface area contributed by atoms with Gasteiger partial charge >= 0.3 is 0 Å². The molecule has 0 spiro atoms. The second-order valence-corrected chi connectivity index (χ2v) is 5.46. The SMILES string of the molecule is CCCCc1n(C)c(C)c[n+]1Cc1ccc(C(=O)[O-])cc1. The number of aryl methyl sites for hydroxylation is 1. The minimum absolute atomic E-state index is 0.221. The predicted molar refractivity (Wildman–Crippen MR) is 78.8 cm³/mol. The highest BCUT2D eigenvalue weighted by molar-refractivity contribution is 5.85. The van der Waals surface area contributed by atoms with Crippen LogP contribution in [0.25, 0.3) is 0 Å². The van der Waals surface area contributed by atoms with Gasteiger partial charge in [-0.25, -0.2) is 9.13 Å². The van der Waals surface area contributed by atoms with Crippen molar-refractivity contribution in [3.63, 3.8) is 0 Å². The smallest absolute Gasteiger partial charge is 0.256 e. The molecule has 0 aliphatic carbocycles. The maximum absolute atomic E-state index is 10.8. The van der Waals surface area contributed by atoms with Crippen LogP contribution in [-0.2, 0) is 20.0 Å². The lowest BCUT2D eigenvalue weighted by Crippen LogP contribution is -2.37. The summed E-state index contributed by atoms with van der Waals surface area (Å²) in [6, 6.07) is 6.91. The highest BCUT2D eigenvalue weighted by atomic mass is 16.4. The molecule has 1 heterocycles. The standard InChI is InChI=1S/C17H22N2O2/c1-4-5-6-16-18(3)13(2)11-19(16)12-14-7-9-15(10-8-14)17(20)21/h7-11H,4-6,12H2,1-3H3. The molecule has 0 aliphatic heterocycles. The van der Waals surface area contributed by atoms with Crippen molar-refractivity contribution in [1.82, 2.24) is 4.57 Å². The molecule has 1 aromatic heterocycles. The van der Waals surface area contributed by atoms with Crippen LogP contribution in [0.1, 0.15) is 47.2 Å². The Morgan fingerprint density at radius 1 is 1.29 bits per heavy atom. The van der Waals surface area contributed by atoms with Crippen LogP contribution < -0.4 is 9.67 Å². The lowest BCUT2D eigenvalue weighted by molar-refractivity contribution is -0.695. The van der Waals surface area contributed by atoms with Crippen molar-refractivity contribution in [3.8, 4) is 0 Å². The van der Waals surface area contributed by atoms with Crippen LogP contribution in [0, 0.1) is 6.92 Å². The fourth-order valence-electron chi connectivity index (χ4n) is 2.51. The molecule has 21 heavy (non-hydrogen) atoms. The second kappa shape index (κ2) is 6.57. The first-order valence-corrected chi connectivity index (χ1v) is 7.37. The van der Waals surface area contributed by atoms with E-state index in [-0.39, 0.29) is 5.56 Å². The summed E-state index contributed by atoms with van der Waals surface area (Å²) in [7, 11) is 2.09. The lowest BCUT2D eigenvalue weighted by Gasteiger charge is -2.05. The minimum atomic E-state index is -1.13. The number of benzene rings is 1. The number of carbonyl (C=O) groups excluding carboxylic acids is 1. The average Bonchev–Trinajstić information content (AvgIpc) is 2.72. The number of carboxylic acid groups (broad SMARTS) is 1. The van der Waals surface area contributed by atoms with Crippen LogP contribution >= 0.6 is 0 Å². The van der Waals surface area contributed by atoms with Gasteiger partial charge in [-0.3, -0.25) is 0 Å². The molecule has 0 radical (unpaired) electrons.